The van der Waals surface area contributed by atoms with E-state index in [0.29, 0.717) is 12.2 Å². The highest BCUT2D eigenvalue weighted by Crippen LogP contribution is 2.21. The third-order valence-electron chi connectivity index (χ3n) is 3.98. The van der Waals surface area contributed by atoms with Gasteiger partial charge in [0.05, 0.1) is 25.3 Å². The molecule has 1 saturated heterocycles. The van der Waals surface area contributed by atoms with Crippen LogP contribution in [0.2, 0.25) is 0 Å². The standard InChI is InChI=1S/C17H24BrN3O4/c18-13-4-1-2-5-14(13)20-16(22)12-15(17(23)24)19-6-3-7-21-8-10-25-11-9-21/h1-2,4-5,15,19H,3,6-12H2,(H,20,22)(H,23,24)/t15-/m1/s1. The predicted molar refractivity (Wildman–Crippen MR) is 98.7 cm³/mol. The Balaban J connectivity index is 1.73. The Bertz CT molecular complexity index is 579. The smallest absolute Gasteiger partial charge is 0.321 e. The average Bonchev–Trinajstić information content (AvgIpc) is 2.60. The summed E-state index contributed by atoms with van der Waals surface area (Å²) in [5, 5.41) is 15.0. The number of nitrogens with zero attached hydrogens (tertiary/aromatic N) is 1. The first-order valence-corrected chi connectivity index (χ1v) is 9.16. The number of benzene rings is 1. The van der Waals surface area contributed by atoms with Crippen molar-refractivity contribution < 1.29 is 19.4 Å². The first kappa shape index (κ1) is 19.8. The average molecular weight is 414 g/mol. The lowest BCUT2D eigenvalue weighted by atomic mass is 10.2. The topological polar surface area (TPSA) is 90.9 Å². The van der Waals surface area contributed by atoms with Gasteiger partial charge in [0.1, 0.15) is 6.04 Å². The number of para-hydroxylation sites is 1. The maximum absolute atomic E-state index is 12.1. The van der Waals surface area contributed by atoms with Gasteiger partial charge in [0.15, 0.2) is 0 Å². The third-order valence-corrected chi connectivity index (χ3v) is 4.67. The highest BCUT2D eigenvalue weighted by Gasteiger charge is 2.21. The van der Waals surface area contributed by atoms with E-state index in [0.717, 1.165) is 43.7 Å². The number of nitrogens with one attached hydrogen (secondary N) is 2. The van der Waals surface area contributed by atoms with Gasteiger partial charge in [-0.3, -0.25) is 14.5 Å². The van der Waals surface area contributed by atoms with E-state index in [2.05, 4.69) is 31.5 Å². The minimum Gasteiger partial charge on any atom is -0.480 e. The minimum atomic E-state index is -1.02. The summed E-state index contributed by atoms with van der Waals surface area (Å²) in [5.41, 5.74) is 0.629. The number of hydrogen-bond acceptors (Lipinski definition) is 5. The maximum Gasteiger partial charge on any atom is 0.321 e. The molecule has 0 spiro atoms. The zero-order valence-corrected chi connectivity index (χ0v) is 15.6. The summed E-state index contributed by atoms with van der Waals surface area (Å²) in [7, 11) is 0. The predicted octanol–water partition coefficient (Wildman–Crippen LogP) is 1.54. The van der Waals surface area contributed by atoms with Crippen molar-refractivity contribution in [2.75, 3.05) is 44.7 Å². The van der Waals surface area contributed by atoms with Gasteiger partial charge < -0.3 is 20.5 Å². The van der Waals surface area contributed by atoms with Crippen LogP contribution in [-0.2, 0) is 14.3 Å². The summed E-state index contributed by atoms with van der Waals surface area (Å²) in [4.78, 5) is 25.8. The molecule has 1 atom stereocenters. The molecule has 0 saturated carbocycles. The Morgan fingerprint density at radius 1 is 1.28 bits per heavy atom. The van der Waals surface area contributed by atoms with Crippen molar-refractivity contribution in [3.05, 3.63) is 28.7 Å². The van der Waals surface area contributed by atoms with Gasteiger partial charge in [-0.05, 0) is 47.6 Å². The molecule has 138 valence electrons. The SMILES string of the molecule is O=C(C[C@@H](NCCCN1CCOCC1)C(=O)O)Nc1ccccc1Br. The fraction of sp³-hybridized carbons (Fsp3) is 0.529. The molecule has 7 nitrogen and oxygen atoms in total. The molecule has 0 bridgehead atoms. The number of carbonyl (C=O) groups excluding carboxylic acids is 1. The summed E-state index contributed by atoms with van der Waals surface area (Å²) in [6, 6.07) is 6.32. The van der Waals surface area contributed by atoms with Crippen molar-refractivity contribution >= 4 is 33.5 Å². The highest BCUT2D eigenvalue weighted by atomic mass is 79.9. The summed E-state index contributed by atoms with van der Waals surface area (Å²) in [5.74, 6) is -1.35. The Morgan fingerprint density at radius 2 is 2.00 bits per heavy atom. The number of halogens is 1. The fourth-order valence-corrected chi connectivity index (χ4v) is 2.98. The van der Waals surface area contributed by atoms with Crippen molar-refractivity contribution in [1.82, 2.24) is 10.2 Å². The van der Waals surface area contributed by atoms with Gasteiger partial charge in [-0.25, -0.2) is 0 Å². The molecule has 1 fully saturated rings. The van der Waals surface area contributed by atoms with Gasteiger partial charge in [-0.1, -0.05) is 12.1 Å². The second kappa shape index (κ2) is 10.5. The Labute approximate surface area is 155 Å². The van der Waals surface area contributed by atoms with Crippen molar-refractivity contribution in [1.29, 1.82) is 0 Å². The number of carboxylic acids is 1. The van der Waals surface area contributed by atoms with E-state index in [9.17, 15) is 14.7 Å². The van der Waals surface area contributed by atoms with Crippen LogP contribution in [0, 0.1) is 0 Å². The highest BCUT2D eigenvalue weighted by molar-refractivity contribution is 9.10. The third kappa shape index (κ3) is 7.11. The molecule has 2 rings (SSSR count). The van der Waals surface area contributed by atoms with Gasteiger partial charge in [0, 0.05) is 17.6 Å². The number of hydrogen-bond donors (Lipinski definition) is 3. The number of anilines is 1. The largest absolute Gasteiger partial charge is 0.480 e. The number of carbonyl (C=O) groups is 2. The van der Waals surface area contributed by atoms with E-state index in [1.165, 1.54) is 0 Å². The normalized spacial score (nSPS) is 16.4. The van der Waals surface area contributed by atoms with E-state index in [4.69, 9.17) is 4.74 Å². The molecule has 1 aliphatic heterocycles. The van der Waals surface area contributed by atoms with Crippen LogP contribution in [0.3, 0.4) is 0 Å². The summed E-state index contributed by atoms with van der Waals surface area (Å²) >= 11 is 3.35. The molecule has 1 aromatic carbocycles. The van der Waals surface area contributed by atoms with E-state index in [-0.39, 0.29) is 12.3 Å². The van der Waals surface area contributed by atoms with Gasteiger partial charge in [-0.15, -0.1) is 0 Å². The molecule has 1 aromatic rings. The van der Waals surface area contributed by atoms with E-state index in [1.54, 1.807) is 12.1 Å². The fourth-order valence-electron chi connectivity index (χ4n) is 2.60. The number of amides is 1. The number of aliphatic carboxylic acids is 1. The van der Waals surface area contributed by atoms with Crippen LogP contribution in [-0.4, -0.2) is 67.3 Å². The van der Waals surface area contributed by atoms with Gasteiger partial charge >= 0.3 is 5.97 Å². The van der Waals surface area contributed by atoms with E-state index in [1.807, 2.05) is 12.1 Å². The number of carboxylic acid groups (broad SMARTS) is 1. The van der Waals surface area contributed by atoms with Crippen LogP contribution in [0.1, 0.15) is 12.8 Å². The van der Waals surface area contributed by atoms with E-state index >= 15 is 0 Å². The molecule has 25 heavy (non-hydrogen) atoms. The number of morpholine rings is 1. The molecule has 0 aromatic heterocycles. The zero-order chi connectivity index (χ0) is 18.1. The molecular formula is C17H24BrN3O4. The van der Waals surface area contributed by atoms with Crippen LogP contribution in [0.25, 0.3) is 0 Å². The molecule has 1 heterocycles. The lowest BCUT2D eigenvalue weighted by molar-refractivity contribution is -0.141. The zero-order valence-electron chi connectivity index (χ0n) is 14.0. The summed E-state index contributed by atoms with van der Waals surface area (Å²) in [6.07, 6.45) is 0.712. The molecule has 0 unspecified atom stereocenters. The van der Waals surface area contributed by atoms with Crippen molar-refractivity contribution in [2.45, 2.75) is 18.9 Å². The molecule has 0 radical (unpaired) electrons. The molecular weight excluding hydrogens is 390 g/mol. The summed E-state index contributed by atoms with van der Waals surface area (Å²) < 4.78 is 6.05. The minimum absolute atomic E-state index is 0.117. The van der Waals surface area contributed by atoms with Crippen molar-refractivity contribution in [2.24, 2.45) is 0 Å². The van der Waals surface area contributed by atoms with Crippen LogP contribution < -0.4 is 10.6 Å². The number of ether oxygens (including phenoxy) is 1. The quantitative estimate of drug-likeness (QED) is 0.532. The van der Waals surface area contributed by atoms with E-state index < -0.39 is 12.0 Å². The Kier molecular flexibility index (Phi) is 8.33. The van der Waals surface area contributed by atoms with Crippen LogP contribution in [0.5, 0.6) is 0 Å². The van der Waals surface area contributed by atoms with Gasteiger partial charge in [0.2, 0.25) is 5.91 Å². The second-order valence-corrected chi connectivity index (χ2v) is 6.74. The lowest BCUT2D eigenvalue weighted by Crippen LogP contribution is -2.42. The van der Waals surface area contributed by atoms with Gasteiger partial charge in [-0.2, -0.15) is 0 Å². The molecule has 3 N–H and O–H groups in total. The van der Waals surface area contributed by atoms with Crippen LogP contribution in [0.4, 0.5) is 5.69 Å². The maximum atomic E-state index is 12.1. The first-order valence-electron chi connectivity index (χ1n) is 8.37. The molecule has 0 aliphatic carbocycles. The van der Waals surface area contributed by atoms with Crippen molar-refractivity contribution in [3.8, 4) is 0 Å². The summed E-state index contributed by atoms with van der Waals surface area (Å²) in [6.45, 7) is 4.77. The van der Waals surface area contributed by atoms with Crippen LogP contribution >= 0.6 is 15.9 Å². The second-order valence-electron chi connectivity index (χ2n) is 5.88. The molecule has 8 heteroatoms. The van der Waals surface area contributed by atoms with Crippen LogP contribution in [0.15, 0.2) is 28.7 Å². The lowest BCUT2D eigenvalue weighted by Gasteiger charge is -2.26. The monoisotopic (exact) mass is 413 g/mol. The molecule has 1 aliphatic rings. The Hall–Kier alpha value is -1.48. The van der Waals surface area contributed by atoms with Gasteiger partial charge in [0.25, 0.3) is 0 Å². The number of rotatable bonds is 9. The first-order chi connectivity index (χ1) is 12.1. The Morgan fingerprint density at radius 3 is 2.68 bits per heavy atom. The van der Waals surface area contributed by atoms with Crippen molar-refractivity contribution in [3.63, 3.8) is 0 Å². The molecule has 1 amide bonds.